The van der Waals surface area contributed by atoms with E-state index in [4.69, 9.17) is 4.74 Å². The second-order valence-electron chi connectivity index (χ2n) is 4.96. The molecule has 1 aromatic carbocycles. The van der Waals surface area contributed by atoms with Crippen molar-refractivity contribution in [3.05, 3.63) is 46.2 Å². The molecule has 0 bridgehead atoms. The van der Waals surface area contributed by atoms with Crippen LogP contribution in [0.4, 0.5) is 5.69 Å². The normalized spacial score (nSPS) is 11.6. The fraction of sp³-hybridized carbons (Fsp3) is 0.250. The van der Waals surface area contributed by atoms with Crippen LogP contribution in [-0.4, -0.2) is 38.8 Å². The number of aromatic hydroxyl groups is 1. The third-order valence-electron chi connectivity index (χ3n) is 3.03. The van der Waals surface area contributed by atoms with Gasteiger partial charge in [-0.25, -0.2) is 4.79 Å². The first-order valence-electron chi connectivity index (χ1n) is 7.44. The Bertz CT molecular complexity index is 819. The highest BCUT2D eigenvalue weighted by molar-refractivity contribution is 8.00. The van der Waals surface area contributed by atoms with Gasteiger partial charge in [0.25, 0.3) is 5.56 Å². The number of rotatable bonds is 6. The molecule has 0 saturated carbocycles. The summed E-state index contributed by atoms with van der Waals surface area (Å²) in [6, 6.07) is 7.24. The fourth-order valence-electron chi connectivity index (χ4n) is 1.85. The number of esters is 1. The molecule has 0 aliphatic heterocycles. The van der Waals surface area contributed by atoms with E-state index in [0.717, 1.165) is 17.8 Å². The number of aromatic nitrogens is 2. The number of ether oxygens (including phenoxy) is 1. The first-order valence-corrected chi connectivity index (χ1v) is 8.32. The zero-order valence-electron chi connectivity index (χ0n) is 13.6. The van der Waals surface area contributed by atoms with Crippen LogP contribution in [0.15, 0.2) is 40.3 Å². The van der Waals surface area contributed by atoms with E-state index in [2.05, 4.69) is 15.3 Å². The van der Waals surface area contributed by atoms with Crippen molar-refractivity contribution in [2.75, 3.05) is 11.9 Å². The zero-order chi connectivity index (χ0) is 18.4. The minimum absolute atomic E-state index is 0.144. The van der Waals surface area contributed by atoms with Gasteiger partial charge < -0.3 is 20.1 Å². The molecule has 1 atom stereocenters. The lowest BCUT2D eigenvalue weighted by atomic mass is 10.2. The molecule has 1 amide bonds. The minimum Gasteiger partial charge on any atom is -0.493 e. The molecule has 0 radical (unpaired) electrons. The van der Waals surface area contributed by atoms with Crippen molar-refractivity contribution >= 4 is 29.3 Å². The van der Waals surface area contributed by atoms with E-state index in [9.17, 15) is 19.5 Å². The Morgan fingerprint density at radius 1 is 1.36 bits per heavy atom. The molecule has 1 heterocycles. The molecule has 25 heavy (non-hydrogen) atoms. The molecule has 8 nitrogen and oxygen atoms in total. The van der Waals surface area contributed by atoms with Gasteiger partial charge in [-0.2, -0.15) is 4.98 Å². The van der Waals surface area contributed by atoms with Crippen molar-refractivity contribution in [1.29, 1.82) is 0 Å². The number of amides is 1. The smallest absolute Gasteiger partial charge is 0.338 e. The standard InChI is InChI=1S/C16H17N3O5S/c1-3-24-15(23)10-4-6-11(7-5-10)17-14(22)9(2)25-16-18-12(20)8-13(21)19-16/h4-9H,3H2,1-2H3,(H,17,22)(H2,18,19,20,21). The predicted molar refractivity (Wildman–Crippen MR) is 92.9 cm³/mol. The van der Waals surface area contributed by atoms with Crippen molar-refractivity contribution in [2.24, 2.45) is 0 Å². The molecule has 132 valence electrons. The molecule has 1 unspecified atom stereocenters. The van der Waals surface area contributed by atoms with Gasteiger partial charge in [0.1, 0.15) is 0 Å². The van der Waals surface area contributed by atoms with Crippen molar-refractivity contribution in [2.45, 2.75) is 24.3 Å². The van der Waals surface area contributed by atoms with E-state index < -0.39 is 22.7 Å². The third-order valence-corrected chi connectivity index (χ3v) is 4.01. The van der Waals surface area contributed by atoms with Gasteiger partial charge in [0.05, 0.1) is 23.5 Å². The summed E-state index contributed by atoms with van der Waals surface area (Å²) in [5, 5.41) is 11.6. The number of H-pyrrole nitrogens is 1. The van der Waals surface area contributed by atoms with Gasteiger partial charge in [-0.15, -0.1) is 0 Å². The third kappa shape index (κ3) is 5.35. The van der Waals surface area contributed by atoms with E-state index in [0.29, 0.717) is 11.3 Å². The minimum atomic E-state index is -0.574. The zero-order valence-corrected chi connectivity index (χ0v) is 14.4. The van der Waals surface area contributed by atoms with Gasteiger partial charge in [-0.1, -0.05) is 11.8 Å². The highest BCUT2D eigenvalue weighted by Crippen LogP contribution is 2.21. The monoisotopic (exact) mass is 363 g/mol. The Labute approximate surface area is 147 Å². The van der Waals surface area contributed by atoms with Crippen LogP contribution in [0.2, 0.25) is 0 Å². The predicted octanol–water partition coefficient (Wildman–Crippen LogP) is 1.77. The number of hydrogen-bond acceptors (Lipinski definition) is 7. The summed E-state index contributed by atoms with van der Waals surface area (Å²) in [7, 11) is 0. The molecule has 0 aliphatic rings. The van der Waals surface area contributed by atoms with Gasteiger partial charge >= 0.3 is 5.97 Å². The van der Waals surface area contributed by atoms with Crippen LogP contribution in [0.3, 0.4) is 0 Å². The topological polar surface area (TPSA) is 121 Å². The average Bonchev–Trinajstić information content (AvgIpc) is 2.54. The molecule has 1 aromatic heterocycles. The summed E-state index contributed by atoms with van der Waals surface area (Å²) in [4.78, 5) is 41.2. The van der Waals surface area contributed by atoms with Gasteiger partial charge in [0, 0.05) is 5.69 Å². The summed E-state index contributed by atoms with van der Waals surface area (Å²) in [5.41, 5.74) is 0.406. The summed E-state index contributed by atoms with van der Waals surface area (Å²) in [5.74, 6) is -1.16. The average molecular weight is 363 g/mol. The van der Waals surface area contributed by atoms with E-state index in [-0.39, 0.29) is 17.7 Å². The Morgan fingerprint density at radius 3 is 2.64 bits per heavy atom. The molecule has 0 spiro atoms. The van der Waals surface area contributed by atoms with Crippen LogP contribution < -0.4 is 10.9 Å². The van der Waals surface area contributed by atoms with Crippen LogP contribution in [0.5, 0.6) is 5.88 Å². The quantitative estimate of drug-likeness (QED) is 0.406. The summed E-state index contributed by atoms with van der Waals surface area (Å²) >= 11 is 1.00. The number of anilines is 1. The number of aromatic amines is 1. The Kier molecular flexibility index (Phi) is 6.18. The molecule has 0 aliphatic carbocycles. The summed E-state index contributed by atoms with van der Waals surface area (Å²) in [6.45, 7) is 3.65. The maximum absolute atomic E-state index is 12.2. The first kappa shape index (κ1) is 18.5. The number of nitrogens with one attached hydrogen (secondary N) is 2. The lowest BCUT2D eigenvalue weighted by Gasteiger charge is -2.11. The number of hydrogen-bond donors (Lipinski definition) is 3. The molecule has 0 fully saturated rings. The van der Waals surface area contributed by atoms with Crippen molar-refractivity contribution < 1.29 is 19.4 Å². The van der Waals surface area contributed by atoms with Crippen molar-refractivity contribution in [3.8, 4) is 5.88 Å². The maximum Gasteiger partial charge on any atom is 0.338 e. The van der Waals surface area contributed by atoms with Crippen molar-refractivity contribution in [3.63, 3.8) is 0 Å². The van der Waals surface area contributed by atoms with Crippen LogP contribution in [0, 0.1) is 0 Å². The maximum atomic E-state index is 12.2. The highest BCUT2D eigenvalue weighted by atomic mass is 32.2. The van der Waals surface area contributed by atoms with Crippen LogP contribution in [0.1, 0.15) is 24.2 Å². The summed E-state index contributed by atoms with van der Waals surface area (Å²) in [6.07, 6.45) is 0. The Hall–Kier alpha value is -2.81. The number of benzene rings is 1. The van der Waals surface area contributed by atoms with Crippen LogP contribution >= 0.6 is 11.8 Å². The van der Waals surface area contributed by atoms with Crippen molar-refractivity contribution in [1.82, 2.24) is 9.97 Å². The van der Waals surface area contributed by atoms with Crippen LogP contribution in [-0.2, 0) is 9.53 Å². The number of thioether (sulfide) groups is 1. The highest BCUT2D eigenvalue weighted by Gasteiger charge is 2.17. The summed E-state index contributed by atoms with van der Waals surface area (Å²) < 4.78 is 4.89. The molecule has 9 heteroatoms. The fourth-order valence-corrected chi connectivity index (χ4v) is 2.65. The van der Waals surface area contributed by atoms with E-state index in [1.54, 1.807) is 38.1 Å². The van der Waals surface area contributed by atoms with Gasteiger partial charge in [0.2, 0.25) is 11.8 Å². The van der Waals surface area contributed by atoms with Crippen LogP contribution in [0.25, 0.3) is 0 Å². The van der Waals surface area contributed by atoms with Gasteiger partial charge in [-0.3, -0.25) is 9.59 Å². The Morgan fingerprint density at radius 2 is 2.04 bits per heavy atom. The second kappa shape index (κ2) is 8.34. The largest absolute Gasteiger partial charge is 0.493 e. The first-order chi connectivity index (χ1) is 11.9. The van der Waals surface area contributed by atoms with E-state index >= 15 is 0 Å². The van der Waals surface area contributed by atoms with Gasteiger partial charge in [-0.05, 0) is 38.1 Å². The second-order valence-corrected chi connectivity index (χ2v) is 6.29. The lowest BCUT2D eigenvalue weighted by Crippen LogP contribution is -2.23. The number of carbonyl (C=O) groups is 2. The Balaban J connectivity index is 1.98. The number of nitrogens with zero attached hydrogens (tertiary/aromatic N) is 1. The molecular formula is C16H17N3O5S. The SMILES string of the molecule is CCOC(=O)c1ccc(NC(=O)C(C)Sc2nc(O)cc(=O)[nH]2)cc1. The molecule has 2 aromatic rings. The molecule has 2 rings (SSSR count). The number of carbonyl (C=O) groups excluding carboxylic acids is 2. The lowest BCUT2D eigenvalue weighted by molar-refractivity contribution is -0.115. The van der Waals surface area contributed by atoms with Gasteiger partial charge in [0.15, 0.2) is 5.16 Å². The van der Waals surface area contributed by atoms with E-state index in [1.807, 2.05) is 0 Å². The molecule has 3 N–H and O–H groups in total. The molecular weight excluding hydrogens is 346 g/mol. The molecule has 0 saturated heterocycles. The van der Waals surface area contributed by atoms with E-state index in [1.165, 1.54) is 0 Å².